The van der Waals surface area contributed by atoms with E-state index in [0.29, 0.717) is 0 Å². The van der Waals surface area contributed by atoms with Gasteiger partial charge in [-0.25, -0.2) is 4.79 Å². The van der Waals surface area contributed by atoms with Crippen LogP contribution < -0.4 is 0 Å². The van der Waals surface area contributed by atoms with Gasteiger partial charge in [0, 0.05) is 6.08 Å². The zero-order chi connectivity index (χ0) is 7.28. The van der Waals surface area contributed by atoms with E-state index in [2.05, 4.69) is 4.74 Å². The van der Waals surface area contributed by atoms with Crippen molar-refractivity contribution in [2.24, 2.45) is 0 Å². The molecule has 0 radical (unpaired) electrons. The van der Waals surface area contributed by atoms with Crippen molar-refractivity contribution in [2.75, 3.05) is 7.11 Å². The lowest BCUT2D eigenvalue weighted by atomic mass is 10.3. The Kier molecular flexibility index (Phi) is 3.71. The second-order valence-corrected chi connectivity index (χ2v) is 1.62. The first kappa shape index (κ1) is 8.17. The number of hydrogen-bond donors (Lipinski definition) is 1. The average molecular weight is 130 g/mol. The summed E-state index contributed by atoms with van der Waals surface area (Å²) < 4.78 is 4.26. The fraction of sp³-hybridized carbons (Fsp3) is 0.500. The molecule has 0 rings (SSSR count). The summed E-state index contributed by atoms with van der Waals surface area (Å²) in [5, 5.41) is 8.60. The van der Waals surface area contributed by atoms with E-state index in [4.69, 9.17) is 5.11 Å². The highest BCUT2D eigenvalue weighted by atomic mass is 16.5. The Morgan fingerprint density at radius 3 is 2.67 bits per heavy atom. The predicted molar refractivity (Wildman–Crippen MR) is 32.8 cm³/mol. The van der Waals surface area contributed by atoms with Gasteiger partial charge in [0.05, 0.1) is 13.2 Å². The first-order chi connectivity index (χ1) is 4.16. The quantitative estimate of drug-likeness (QED) is 0.426. The first-order valence-corrected chi connectivity index (χ1v) is 2.61. The van der Waals surface area contributed by atoms with Gasteiger partial charge in [0.15, 0.2) is 0 Å². The van der Waals surface area contributed by atoms with E-state index in [1.54, 1.807) is 6.92 Å². The standard InChI is InChI=1S/C6H10O3/c1-5(7)3-4-6(8)9-2/h3-5,7H,1-2H3/b4-3+/t5-/m0/s1. The van der Waals surface area contributed by atoms with Crippen LogP contribution in [0.2, 0.25) is 0 Å². The van der Waals surface area contributed by atoms with Crippen LogP contribution in [0.15, 0.2) is 12.2 Å². The highest BCUT2D eigenvalue weighted by Crippen LogP contribution is 1.83. The fourth-order valence-electron chi connectivity index (χ4n) is 0.286. The Morgan fingerprint density at radius 2 is 2.33 bits per heavy atom. The maximum atomic E-state index is 10.3. The first-order valence-electron chi connectivity index (χ1n) is 2.61. The summed E-state index contributed by atoms with van der Waals surface area (Å²) in [5.41, 5.74) is 0. The molecule has 0 amide bonds. The van der Waals surface area contributed by atoms with Gasteiger partial charge in [-0.2, -0.15) is 0 Å². The van der Waals surface area contributed by atoms with Crippen molar-refractivity contribution in [1.29, 1.82) is 0 Å². The molecule has 0 heterocycles. The van der Waals surface area contributed by atoms with Crippen LogP contribution in [0.1, 0.15) is 6.92 Å². The molecule has 52 valence electrons. The minimum Gasteiger partial charge on any atom is -0.466 e. The van der Waals surface area contributed by atoms with Crippen molar-refractivity contribution >= 4 is 5.97 Å². The van der Waals surface area contributed by atoms with E-state index in [9.17, 15) is 4.79 Å². The summed E-state index contributed by atoms with van der Waals surface area (Å²) in [7, 11) is 1.29. The van der Waals surface area contributed by atoms with Gasteiger partial charge in [0.25, 0.3) is 0 Å². The van der Waals surface area contributed by atoms with Crippen LogP contribution in [-0.4, -0.2) is 24.3 Å². The van der Waals surface area contributed by atoms with Gasteiger partial charge >= 0.3 is 5.97 Å². The molecule has 0 aliphatic rings. The number of carbonyl (C=O) groups excluding carboxylic acids is 1. The highest BCUT2D eigenvalue weighted by Gasteiger charge is 1.91. The third kappa shape index (κ3) is 5.03. The molecule has 0 aliphatic heterocycles. The minimum absolute atomic E-state index is 0.448. The van der Waals surface area contributed by atoms with Gasteiger partial charge in [-0.1, -0.05) is 0 Å². The molecule has 3 nitrogen and oxygen atoms in total. The van der Waals surface area contributed by atoms with Crippen LogP contribution in [0.3, 0.4) is 0 Å². The summed E-state index contributed by atoms with van der Waals surface area (Å²) in [6.45, 7) is 1.56. The second-order valence-electron chi connectivity index (χ2n) is 1.62. The van der Waals surface area contributed by atoms with Gasteiger partial charge < -0.3 is 9.84 Å². The largest absolute Gasteiger partial charge is 0.466 e. The average Bonchev–Trinajstić information content (AvgIpc) is 1.83. The highest BCUT2D eigenvalue weighted by molar-refractivity contribution is 5.81. The summed E-state index contributed by atoms with van der Waals surface area (Å²) in [6.07, 6.45) is 1.94. The third-order valence-electron chi connectivity index (χ3n) is 0.712. The van der Waals surface area contributed by atoms with Crippen molar-refractivity contribution in [3.8, 4) is 0 Å². The molecular formula is C6H10O3. The minimum atomic E-state index is -0.593. The van der Waals surface area contributed by atoms with E-state index in [-0.39, 0.29) is 0 Å². The number of ether oxygens (including phenoxy) is 1. The van der Waals surface area contributed by atoms with Crippen molar-refractivity contribution in [1.82, 2.24) is 0 Å². The van der Waals surface area contributed by atoms with Crippen molar-refractivity contribution in [3.63, 3.8) is 0 Å². The van der Waals surface area contributed by atoms with E-state index < -0.39 is 12.1 Å². The SMILES string of the molecule is COC(=O)/C=C/[C@H](C)O. The number of hydrogen-bond acceptors (Lipinski definition) is 3. The Bertz CT molecular complexity index is 115. The molecule has 0 saturated carbocycles. The molecule has 0 fully saturated rings. The summed E-state index contributed by atoms with van der Waals surface area (Å²) in [5.74, 6) is -0.448. The van der Waals surface area contributed by atoms with Crippen LogP contribution in [0.4, 0.5) is 0 Å². The predicted octanol–water partition coefficient (Wildman–Crippen LogP) is 0.0964. The molecular weight excluding hydrogens is 120 g/mol. The molecule has 0 spiro atoms. The molecule has 0 aromatic carbocycles. The van der Waals surface area contributed by atoms with Crippen LogP contribution in [0.25, 0.3) is 0 Å². The molecule has 0 aromatic heterocycles. The Morgan fingerprint density at radius 1 is 1.78 bits per heavy atom. The van der Waals surface area contributed by atoms with Gasteiger partial charge in [-0.05, 0) is 13.0 Å². The van der Waals surface area contributed by atoms with Crippen LogP contribution in [0, 0.1) is 0 Å². The Balaban J connectivity index is 3.57. The smallest absolute Gasteiger partial charge is 0.330 e. The molecule has 1 N–H and O–H groups in total. The Hall–Kier alpha value is -0.830. The summed E-state index contributed by atoms with van der Waals surface area (Å²) in [6, 6.07) is 0. The molecule has 0 aromatic rings. The second kappa shape index (κ2) is 4.09. The number of aliphatic hydroxyl groups excluding tert-OH is 1. The van der Waals surface area contributed by atoms with E-state index >= 15 is 0 Å². The maximum absolute atomic E-state index is 10.3. The van der Waals surface area contributed by atoms with Crippen molar-refractivity contribution in [2.45, 2.75) is 13.0 Å². The third-order valence-corrected chi connectivity index (χ3v) is 0.712. The molecule has 0 aliphatic carbocycles. The Labute approximate surface area is 53.9 Å². The van der Waals surface area contributed by atoms with Gasteiger partial charge in [0.1, 0.15) is 0 Å². The monoisotopic (exact) mass is 130 g/mol. The van der Waals surface area contributed by atoms with Crippen molar-refractivity contribution in [3.05, 3.63) is 12.2 Å². The molecule has 0 saturated heterocycles. The van der Waals surface area contributed by atoms with E-state index in [1.165, 1.54) is 19.3 Å². The fourth-order valence-corrected chi connectivity index (χ4v) is 0.286. The molecule has 0 bridgehead atoms. The number of carbonyl (C=O) groups is 1. The maximum Gasteiger partial charge on any atom is 0.330 e. The van der Waals surface area contributed by atoms with Crippen LogP contribution in [0.5, 0.6) is 0 Å². The molecule has 9 heavy (non-hydrogen) atoms. The normalized spacial score (nSPS) is 13.7. The van der Waals surface area contributed by atoms with Crippen LogP contribution in [-0.2, 0) is 9.53 Å². The summed E-state index contributed by atoms with van der Waals surface area (Å²) >= 11 is 0. The lowest BCUT2D eigenvalue weighted by Gasteiger charge is -1.91. The summed E-state index contributed by atoms with van der Waals surface area (Å²) in [4.78, 5) is 10.3. The van der Waals surface area contributed by atoms with Gasteiger partial charge in [0.2, 0.25) is 0 Å². The zero-order valence-electron chi connectivity index (χ0n) is 5.50. The topological polar surface area (TPSA) is 46.5 Å². The lowest BCUT2D eigenvalue weighted by molar-refractivity contribution is -0.134. The van der Waals surface area contributed by atoms with Gasteiger partial charge in [-0.15, -0.1) is 0 Å². The number of rotatable bonds is 2. The van der Waals surface area contributed by atoms with E-state index in [0.717, 1.165) is 0 Å². The number of esters is 1. The molecule has 3 heteroatoms. The van der Waals surface area contributed by atoms with Crippen LogP contribution >= 0.6 is 0 Å². The molecule has 1 atom stereocenters. The number of methoxy groups -OCH3 is 1. The number of aliphatic hydroxyl groups is 1. The van der Waals surface area contributed by atoms with E-state index in [1.807, 2.05) is 0 Å². The molecule has 0 unspecified atom stereocenters. The lowest BCUT2D eigenvalue weighted by Crippen LogP contribution is -1.98. The van der Waals surface area contributed by atoms with Gasteiger partial charge in [-0.3, -0.25) is 0 Å². The van der Waals surface area contributed by atoms with Crippen molar-refractivity contribution < 1.29 is 14.6 Å². The zero-order valence-corrected chi connectivity index (χ0v) is 5.50.